The molecule has 0 spiro atoms. The molecule has 3 heteroatoms. The van der Waals surface area contributed by atoms with Gasteiger partial charge >= 0.3 is 0 Å². The normalized spacial score (nSPS) is 15.5. The van der Waals surface area contributed by atoms with Gasteiger partial charge in [-0.2, -0.15) is 11.8 Å². The van der Waals surface area contributed by atoms with Gasteiger partial charge in [-0.25, -0.2) is 0 Å². The first kappa shape index (κ1) is 17.3. The summed E-state index contributed by atoms with van der Waals surface area (Å²) in [7, 11) is 2.24. The second kappa shape index (κ2) is 9.23. The van der Waals surface area contributed by atoms with E-state index in [0.717, 1.165) is 19.0 Å². The van der Waals surface area contributed by atoms with E-state index in [1.165, 1.54) is 25.3 Å². The van der Waals surface area contributed by atoms with Gasteiger partial charge in [0.2, 0.25) is 0 Å². The SMILES string of the molecule is CCC(C)(CNCC(C)C)CN(C)CCSC. The van der Waals surface area contributed by atoms with Crippen molar-refractivity contribution in [2.24, 2.45) is 11.3 Å². The van der Waals surface area contributed by atoms with Crippen LogP contribution in [-0.2, 0) is 0 Å². The van der Waals surface area contributed by atoms with Crippen LogP contribution in [0.25, 0.3) is 0 Å². The van der Waals surface area contributed by atoms with Crippen LogP contribution in [0.3, 0.4) is 0 Å². The predicted octanol–water partition coefficient (Wildman–Crippen LogP) is 2.94. The highest BCUT2D eigenvalue weighted by atomic mass is 32.2. The number of hydrogen-bond acceptors (Lipinski definition) is 3. The van der Waals surface area contributed by atoms with Crippen LogP contribution >= 0.6 is 11.8 Å². The van der Waals surface area contributed by atoms with Crippen LogP contribution in [0.15, 0.2) is 0 Å². The van der Waals surface area contributed by atoms with E-state index >= 15 is 0 Å². The Hall–Kier alpha value is 0.270. The number of thioether (sulfide) groups is 1. The molecule has 17 heavy (non-hydrogen) atoms. The van der Waals surface area contributed by atoms with Gasteiger partial charge < -0.3 is 10.2 Å². The van der Waals surface area contributed by atoms with Crippen molar-refractivity contribution in [3.63, 3.8) is 0 Å². The summed E-state index contributed by atoms with van der Waals surface area (Å²) >= 11 is 1.93. The van der Waals surface area contributed by atoms with E-state index < -0.39 is 0 Å². The molecule has 0 aromatic rings. The summed E-state index contributed by atoms with van der Waals surface area (Å²) in [5.41, 5.74) is 0.405. The first-order valence-electron chi connectivity index (χ1n) is 6.81. The lowest BCUT2D eigenvalue weighted by atomic mass is 9.86. The maximum Gasteiger partial charge on any atom is 0.00694 e. The molecule has 0 amide bonds. The third-order valence-electron chi connectivity index (χ3n) is 3.29. The predicted molar refractivity (Wildman–Crippen MR) is 82.0 cm³/mol. The highest BCUT2D eigenvalue weighted by molar-refractivity contribution is 7.98. The molecule has 0 aliphatic rings. The smallest absolute Gasteiger partial charge is 0.00694 e. The molecule has 1 N–H and O–H groups in total. The van der Waals surface area contributed by atoms with E-state index in [4.69, 9.17) is 0 Å². The van der Waals surface area contributed by atoms with Crippen LogP contribution in [0, 0.1) is 11.3 Å². The molecular formula is C14H32N2S. The van der Waals surface area contributed by atoms with E-state index in [9.17, 15) is 0 Å². The summed E-state index contributed by atoms with van der Waals surface area (Å²) in [4.78, 5) is 2.47. The van der Waals surface area contributed by atoms with E-state index in [2.05, 4.69) is 51.2 Å². The Bertz CT molecular complexity index is 185. The third kappa shape index (κ3) is 8.92. The Kier molecular flexibility index (Phi) is 9.38. The van der Waals surface area contributed by atoms with Crippen molar-refractivity contribution in [1.82, 2.24) is 10.2 Å². The van der Waals surface area contributed by atoms with Gasteiger partial charge in [-0.1, -0.05) is 27.7 Å². The average molecular weight is 260 g/mol. The van der Waals surface area contributed by atoms with Crippen LogP contribution < -0.4 is 5.32 Å². The van der Waals surface area contributed by atoms with Crippen LogP contribution in [0.2, 0.25) is 0 Å². The molecule has 104 valence electrons. The molecule has 0 saturated carbocycles. The third-order valence-corrected chi connectivity index (χ3v) is 3.88. The van der Waals surface area contributed by atoms with Gasteiger partial charge in [0, 0.05) is 25.4 Å². The van der Waals surface area contributed by atoms with Gasteiger partial charge in [-0.15, -0.1) is 0 Å². The molecular weight excluding hydrogens is 228 g/mol. The fraction of sp³-hybridized carbons (Fsp3) is 1.00. The molecule has 1 unspecified atom stereocenters. The van der Waals surface area contributed by atoms with E-state index in [-0.39, 0.29) is 0 Å². The molecule has 0 saturated heterocycles. The van der Waals surface area contributed by atoms with Gasteiger partial charge in [0.1, 0.15) is 0 Å². The second-order valence-corrected chi connectivity index (χ2v) is 6.91. The Morgan fingerprint density at radius 2 is 2.00 bits per heavy atom. The molecule has 0 rings (SSSR count). The molecule has 2 nitrogen and oxygen atoms in total. The van der Waals surface area contributed by atoms with Crippen LogP contribution in [0.4, 0.5) is 0 Å². The maximum absolute atomic E-state index is 3.61. The highest BCUT2D eigenvalue weighted by Crippen LogP contribution is 2.21. The van der Waals surface area contributed by atoms with Gasteiger partial charge in [-0.3, -0.25) is 0 Å². The number of nitrogens with one attached hydrogen (secondary N) is 1. The molecule has 0 aromatic heterocycles. The topological polar surface area (TPSA) is 15.3 Å². The van der Waals surface area contributed by atoms with Crippen molar-refractivity contribution >= 4 is 11.8 Å². The lowest BCUT2D eigenvalue weighted by Crippen LogP contribution is -2.42. The zero-order valence-corrected chi connectivity index (χ0v) is 13.5. The van der Waals surface area contributed by atoms with Crippen LogP contribution in [-0.4, -0.2) is 50.1 Å². The summed E-state index contributed by atoms with van der Waals surface area (Å²) in [6.45, 7) is 13.9. The molecule has 0 aliphatic heterocycles. The van der Waals surface area contributed by atoms with Crippen molar-refractivity contribution < 1.29 is 0 Å². The summed E-state index contributed by atoms with van der Waals surface area (Å²) in [6, 6.07) is 0. The molecule has 1 atom stereocenters. The average Bonchev–Trinajstić information content (AvgIpc) is 2.25. The number of nitrogens with zero attached hydrogens (tertiary/aromatic N) is 1. The fourth-order valence-electron chi connectivity index (χ4n) is 1.93. The van der Waals surface area contributed by atoms with Gasteiger partial charge in [0.25, 0.3) is 0 Å². The lowest BCUT2D eigenvalue weighted by molar-refractivity contribution is 0.185. The molecule has 0 fully saturated rings. The molecule has 0 aromatic carbocycles. The largest absolute Gasteiger partial charge is 0.316 e. The number of hydrogen-bond donors (Lipinski definition) is 1. The van der Waals surface area contributed by atoms with E-state index in [1.54, 1.807) is 0 Å². The molecule has 0 heterocycles. The first-order chi connectivity index (χ1) is 7.93. The second-order valence-electron chi connectivity index (χ2n) is 5.92. The molecule has 0 aliphatic carbocycles. The summed E-state index contributed by atoms with van der Waals surface area (Å²) < 4.78 is 0. The monoisotopic (exact) mass is 260 g/mol. The Morgan fingerprint density at radius 3 is 2.47 bits per heavy atom. The van der Waals surface area contributed by atoms with Crippen molar-refractivity contribution in [1.29, 1.82) is 0 Å². The van der Waals surface area contributed by atoms with Gasteiger partial charge in [0.05, 0.1) is 0 Å². The Labute approximate surface area is 113 Å². The first-order valence-corrected chi connectivity index (χ1v) is 8.21. The van der Waals surface area contributed by atoms with Crippen molar-refractivity contribution in [3.8, 4) is 0 Å². The minimum Gasteiger partial charge on any atom is -0.316 e. The van der Waals surface area contributed by atoms with Gasteiger partial charge in [-0.05, 0) is 37.6 Å². The standard InChI is InChI=1S/C14H32N2S/c1-7-14(4,11-15-10-13(2)3)12-16(5)8-9-17-6/h13,15H,7-12H2,1-6H3. The van der Waals surface area contributed by atoms with Gasteiger partial charge in [0.15, 0.2) is 0 Å². The van der Waals surface area contributed by atoms with Crippen LogP contribution in [0.1, 0.15) is 34.1 Å². The van der Waals surface area contributed by atoms with Crippen molar-refractivity contribution in [2.75, 3.05) is 45.2 Å². The maximum atomic E-state index is 3.61. The lowest BCUT2D eigenvalue weighted by Gasteiger charge is -2.33. The highest BCUT2D eigenvalue weighted by Gasteiger charge is 2.23. The zero-order chi connectivity index (χ0) is 13.3. The summed E-state index contributed by atoms with van der Waals surface area (Å²) in [6.07, 6.45) is 3.42. The number of rotatable bonds is 10. The molecule has 0 radical (unpaired) electrons. The minimum atomic E-state index is 0.405. The van der Waals surface area contributed by atoms with Crippen molar-refractivity contribution in [2.45, 2.75) is 34.1 Å². The van der Waals surface area contributed by atoms with Crippen LogP contribution in [0.5, 0.6) is 0 Å². The quantitative estimate of drug-likeness (QED) is 0.650. The Balaban J connectivity index is 3.98. The Morgan fingerprint density at radius 1 is 1.35 bits per heavy atom. The van der Waals surface area contributed by atoms with E-state index in [1.807, 2.05) is 11.8 Å². The summed E-state index contributed by atoms with van der Waals surface area (Å²) in [5.74, 6) is 1.97. The summed E-state index contributed by atoms with van der Waals surface area (Å²) in [5, 5.41) is 3.61. The minimum absolute atomic E-state index is 0.405. The molecule has 0 bridgehead atoms. The zero-order valence-electron chi connectivity index (χ0n) is 12.7. The van der Waals surface area contributed by atoms with Crippen molar-refractivity contribution in [3.05, 3.63) is 0 Å². The van der Waals surface area contributed by atoms with E-state index in [0.29, 0.717) is 5.41 Å². The fourth-order valence-corrected chi connectivity index (χ4v) is 2.43.